The van der Waals surface area contributed by atoms with Crippen LogP contribution in [0.2, 0.25) is 5.02 Å². The molecule has 0 aromatic heterocycles. The van der Waals surface area contributed by atoms with Crippen molar-refractivity contribution >= 4 is 17.9 Å². The van der Waals surface area contributed by atoms with Gasteiger partial charge in [0.2, 0.25) is 0 Å². The van der Waals surface area contributed by atoms with E-state index >= 15 is 0 Å². The van der Waals surface area contributed by atoms with Gasteiger partial charge < -0.3 is 14.2 Å². The summed E-state index contributed by atoms with van der Waals surface area (Å²) in [5.74, 6) is 2.12. The van der Waals surface area contributed by atoms with Crippen molar-refractivity contribution in [1.29, 1.82) is 0 Å². The van der Waals surface area contributed by atoms with Gasteiger partial charge in [-0.2, -0.15) is 0 Å². The Labute approximate surface area is 153 Å². The summed E-state index contributed by atoms with van der Waals surface area (Å²) in [6.45, 7) is 7.25. The summed E-state index contributed by atoms with van der Waals surface area (Å²) in [7, 11) is 0. The molecule has 0 aliphatic rings. The lowest BCUT2D eigenvalue weighted by atomic mass is 10.0. The predicted octanol–water partition coefficient (Wildman–Crippen LogP) is 5.13. The molecule has 2 aromatic rings. The molecule has 0 aliphatic heterocycles. The Morgan fingerprint density at radius 2 is 1.76 bits per heavy atom. The van der Waals surface area contributed by atoms with E-state index in [1.807, 2.05) is 25.1 Å². The largest absolute Gasteiger partial charge is 0.490 e. The zero-order valence-corrected chi connectivity index (χ0v) is 15.5. The zero-order valence-electron chi connectivity index (χ0n) is 14.8. The molecule has 2 aromatic carbocycles. The third kappa shape index (κ3) is 5.13. The van der Waals surface area contributed by atoms with Crippen molar-refractivity contribution in [2.24, 2.45) is 0 Å². The number of benzene rings is 2. The average Bonchev–Trinajstić information content (AvgIpc) is 2.60. The van der Waals surface area contributed by atoms with Crippen molar-refractivity contribution < 1.29 is 19.0 Å². The number of halogens is 1. The van der Waals surface area contributed by atoms with Crippen molar-refractivity contribution in [2.75, 3.05) is 19.8 Å². The Morgan fingerprint density at radius 3 is 2.44 bits per heavy atom. The van der Waals surface area contributed by atoms with Crippen LogP contribution in [0.25, 0.3) is 0 Å². The number of ether oxygens (including phenoxy) is 3. The van der Waals surface area contributed by atoms with Crippen LogP contribution in [0.4, 0.5) is 0 Å². The van der Waals surface area contributed by atoms with E-state index in [1.54, 1.807) is 12.1 Å². The van der Waals surface area contributed by atoms with Crippen molar-refractivity contribution in [2.45, 2.75) is 26.7 Å². The molecule has 0 N–H and O–H groups in total. The molecular weight excluding hydrogens is 340 g/mol. The van der Waals surface area contributed by atoms with Crippen molar-refractivity contribution in [1.82, 2.24) is 0 Å². The van der Waals surface area contributed by atoms with Crippen molar-refractivity contribution in [3.8, 4) is 17.2 Å². The Morgan fingerprint density at radius 1 is 1.04 bits per heavy atom. The van der Waals surface area contributed by atoms with E-state index in [-0.39, 0.29) is 0 Å². The third-order valence-corrected chi connectivity index (χ3v) is 3.88. The van der Waals surface area contributed by atoms with Crippen molar-refractivity contribution in [3.05, 3.63) is 52.5 Å². The SMILES string of the molecule is CCOc1cc(C=O)cc(Cl)c1OCCOc1ccccc1C(C)C. The maximum absolute atomic E-state index is 11.0. The number of hydrogen-bond acceptors (Lipinski definition) is 4. The van der Waals surface area contributed by atoms with Crippen LogP contribution in [-0.4, -0.2) is 26.1 Å². The van der Waals surface area contributed by atoms with Gasteiger partial charge in [0.1, 0.15) is 25.2 Å². The van der Waals surface area contributed by atoms with Gasteiger partial charge in [-0.25, -0.2) is 0 Å². The highest BCUT2D eigenvalue weighted by Crippen LogP contribution is 2.36. The van der Waals surface area contributed by atoms with Gasteiger partial charge in [-0.05, 0) is 36.6 Å². The molecule has 25 heavy (non-hydrogen) atoms. The molecule has 0 fully saturated rings. The fraction of sp³-hybridized carbons (Fsp3) is 0.350. The predicted molar refractivity (Wildman–Crippen MR) is 99.5 cm³/mol. The molecule has 134 valence electrons. The number of carbonyl (C=O) groups is 1. The topological polar surface area (TPSA) is 44.8 Å². The summed E-state index contributed by atoms with van der Waals surface area (Å²) >= 11 is 6.21. The van der Waals surface area contributed by atoms with Crippen LogP contribution in [0.15, 0.2) is 36.4 Å². The molecule has 0 aliphatic carbocycles. The average molecular weight is 363 g/mol. The highest BCUT2D eigenvalue weighted by atomic mass is 35.5. The molecule has 0 unspecified atom stereocenters. The Balaban J connectivity index is 2.01. The second kappa shape index (κ2) is 9.33. The third-order valence-electron chi connectivity index (χ3n) is 3.60. The molecule has 0 spiro atoms. The molecule has 0 heterocycles. The highest BCUT2D eigenvalue weighted by molar-refractivity contribution is 6.32. The van der Waals surface area contributed by atoms with E-state index < -0.39 is 0 Å². The summed E-state index contributed by atoms with van der Waals surface area (Å²) in [6, 6.07) is 11.1. The normalized spacial score (nSPS) is 10.6. The second-order valence-electron chi connectivity index (χ2n) is 5.77. The van der Waals surface area contributed by atoms with Crippen LogP contribution in [0.5, 0.6) is 17.2 Å². The first-order valence-corrected chi connectivity index (χ1v) is 8.70. The van der Waals surface area contributed by atoms with Crippen LogP contribution in [0, 0.1) is 0 Å². The van der Waals surface area contributed by atoms with Gasteiger partial charge in [-0.15, -0.1) is 0 Å². The molecule has 0 atom stereocenters. The van der Waals surface area contributed by atoms with E-state index in [0.717, 1.165) is 17.6 Å². The number of rotatable bonds is 9. The molecular formula is C20H23ClO4. The highest BCUT2D eigenvalue weighted by Gasteiger charge is 2.13. The van der Waals surface area contributed by atoms with Crippen LogP contribution >= 0.6 is 11.6 Å². The Kier molecular flexibility index (Phi) is 7.14. The first-order chi connectivity index (χ1) is 12.1. The lowest BCUT2D eigenvalue weighted by molar-refractivity contribution is 0.112. The van der Waals surface area contributed by atoms with E-state index in [4.69, 9.17) is 25.8 Å². The minimum absolute atomic E-state index is 0.312. The summed E-state index contributed by atoms with van der Waals surface area (Å²) in [5.41, 5.74) is 1.61. The van der Waals surface area contributed by atoms with Gasteiger partial charge in [0.15, 0.2) is 11.5 Å². The maximum atomic E-state index is 11.0. The van der Waals surface area contributed by atoms with E-state index in [9.17, 15) is 4.79 Å². The summed E-state index contributed by atoms with van der Waals surface area (Å²) in [6.07, 6.45) is 0.726. The first kappa shape index (κ1) is 19.1. The Bertz CT molecular complexity index is 713. The van der Waals surface area contributed by atoms with Gasteiger partial charge in [0.25, 0.3) is 0 Å². The maximum Gasteiger partial charge on any atom is 0.179 e. The molecule has 4 nitrogen and oxygen atoms in total. The van der Waals surface area contributed by atoms with Gasteiger partial charge >= 0.3 is 0 Å². The van der Waals surface area contributed by atoms with Crippen LogP contribution in [0.1, 0.15) is 42.6 Å². The summed E-state index contributed by atoms with van der Waals surface area (Å²) < 4.78 is 17.1. The fourth-order valence-electron chi connectivity index (χ4n) is 2.44. The van der Waals surface area contributed by atoms with Gasteiger partial charge in [0, 0.05) is 5.56 Å². The summed E-state index contributed by atoms with van der Waals surface area (Å²) in [4.78, 5) is 11.0. The standard InChI is InChI=1S/C20H23ClO4/c1-4-23-19-12-15(13-22)11-17(21)20(19)25-10-9-24-18-8-6-5-7-16(18)14(2)3/h5-8,11-14H,4,9-10H2,1-3H3. The lowest BCUT2D eigenvalue weighted by Gasteiger charge is -2.16. The van der Waals surface area contributed by atoms with Crippen LogP contribution in [-0.2, 0) is 0 Å². The number of carbonyl (C=O) groups excluding carboxylic acids is 1. The van der Waals surface area contributed by atoms with Crippen molar-refractivity contribution in [3.63, 3.8) is 0 Å². The molecule has 0 amide bonds. The lowest BCUT2D eigenvalue weighted by Crippen LogP contribution is -2.11. The van der Waals surface area contributed by atoms with Crippen LogP contribution < -0.4 is 14.2 Å². The fourth-order valence-corrected chi connectivity index (χ4v) is 2.72. The van der Waals surface area contributed by atoms with Gasteiger partial charge in [-0.3, -0.25) is 4.79 Å². The van der Waals surface area contributed by atoms with E-state index in [1.165, 1.54) is 0 Å². The number of hydrogen-bond donors (Lipinski definition) is 0. The van der Waals surface area contributed by atoms with Gasteiger partial charge in [-0.1, -0.05) is 43.6 Å². The Hall–Kier alpha value is -2.20. The number of aldehydes is 1. The smallest absolute Gasteiger partial charge is 0.179 e. The minimum Gasteiger partial charge on any atom is -0.490 e. The minimum atomic E-state index is 0.312. The molecule has 0 radical (unpaired) electrons. The monoisotopic (exact) mass is 362 g/mol. The first-order valence-electron chi connectivity index (χ1n) is 8.32. The summed E-state index contributed by atoms with van der Waals surface area (Å²) in [5, 5.41) is 0.343. The van der Waals surface area contributed by atoms with E-state index in [2.05, 4.69) is 19.9 Å². The zero-order chi connectivity index (χ0) is 18.2. The second-order valence-corrected chi connectivity index (χ2v) is 6.18. The molecule has 0 saturated carbocycles. The van der Waals surface area contributed by atoms with Gasteiger partial charge in [0.05, 0.1) is 11.6 Å². The molecule has 2 rings (SSSR count). The molecule has 0 bridgehead atoms. The number of para-hydroxylation sites is 1. The molecule has 5 heteroatoms. The quantitative estimate of drug-likeness (QED) is 0.458. The van der Waals surface area contributed by atoms with E-state index in [0.29, 0.717) is 47.8 Å². The van der Waals surface area contributed by atoms with Crippen LogP contribution in [0.3, 0.4) is 0 Å². The molecule has 0 saturated heterocycles.